The summed E-state index contributed by atoms with van der Waals surface area (Å²) in [4.78, 5) is 4.31. The van der Waals surface area contributed by atoms with Crippen LogP contribution in [0.1, 0.15) is 35.5 Å². The SMILES string of the molecule is CCn1ccnc1CC(O)c1c(C)cccc1C. The Morgan fingerprint density at radius 1 is 1.28 bits per heavy atom. The molecule has 0 amide bonds. The van der Waals surface area contributed by atoms with Gasteiger partial charge in [0.15, 0.2) is 0 Å². The van der Waals surface area contributed by atoms with Crippen LogP contribution in [0.3, 0.4) is 0 Å². The number of rotatable bonds is 4. The van der Waals surface area contributed by atoms with Gasteiger partial charge in [0.1, 0.15) is 5.82 Å². The Morgan fingerprint density at radius 2 is 1.94 bits per heavy atom. The molecular weight excluding hydrogens is 224 g/mol. The van der Waals surface area contributed by atoms with Crippen molar-refractivity contribution in [3.63, 3.8) is 0 Å². The first-order chi connectivity index (χ1) is 8.63. The number of imidazole rings is 1. The van der Waals surface area contributed by atoms with E-state index < -0.39 is 6.10 Å². The molecule has 0 aliphatic heterocycles. The van der Waals surface area contributed by atoms with Crippen LogP contribution in [0.15, 0.2) is 30.6 Å². The second kappa shape index (κ2) is 5.36. The molecular formula is C15H20N2O. The fourth-order valence-electron chi connectivity index (χ4n) is 2.45. The molecule has 0 fully saturated rings. The molecule has 0 aliphatic rings. The van der Waals surface area contributed by atoms with Crippen LogP contribution < -0.4 is 0 Å². The molecule has 3 heteroatoms. The summed E-state index contributed by atoms with van der Waals surface area (Å²) < 4.78 is 2.07. The molecule has 0 saturated carbocycles. The van der Waals surface area contributed by atoms with Gasteiger partial charge in [-0.25, -0.2) is 4.98 Å². The average Bonchev–Trinajstić information content (AvgIpc) is 2.76. The molecule has 0 saturated heterocycles. The lowest BCUT2D eigenvalue weighted by molar-refractivity contribution is 0.173. The standard InChI is InChI=1S/C15H20N2O/c1-4-17-9-8-16-14(17)10-13(18)15-11(2)6-5-7-12(15)3/h5-9,13,18H,4,10H2,1-3H3. The molecule has 3 nitrogen and oxygen atoms in total. The van der Waals surface area contributed by atoms with E-state index in [1.54, 1.807) is 6.20 Å². The quantitative estimate of drug-likeness (QED) is 0.898. The lowest BCUT2D eigenvalue weighted by Gasteiger charge is -2.16. The van der Waals surface area contributed by atoms with Crippen molar-refractivity contribution in [3.05, 3.63) is 53.1 Å². The fourth-order valence-corrected chi connectivity index (χ4v) is 2.45. The first kappa shape index (κ1) is 12.8. The van der Waals surface area contributed by atoms with E-state index in [-0.39, 0.29) is 0 Å². The maximum Gasteiger partial charge on any atom is 0.111 e. The molecule has 0 bridgehead atoms. The summed E-state index contributed by atoms with van der Waals surface area (Å²) >= 11 is 0. The van der Waals surface area contributed by atoms with E-state index in [2.05, 4.69) is 16.5 Å². The molecule has 1 unspecified atom stereocenters. The second-order valence-corrected chi connectivity index (χ2v) is 4.65. The van der Waals surface area contributed by atoms with Gasteiger partial charge < -0.3 is 9.67 Å². The molecule has 2 aromatic rings. The van der Waals surface area contributed by atoms with Crippen molar-refractivity contribution in [2.45, 2.75) is 39.8 Å². The zero-order valence-electron chi connectivity index (χ0n) is 11.2. The zero-order chi connectivity index (χ0) is 13.1. The molecule has 0 spiro atoms. The van der Waals surface area contributed by atoms with E-state index in [9.17, 15) is 5.11 Å². The van der Waals surface area contributed by atoms with Gasteiger partial charge in [-0.3, -0.25) is 0 Å². The van der Waals surface area contributed by atoms with E-state index in [4.69, 9.17) is 0 Å². The van der Waals surface area contributed by atoms with Crippen LogP contribution in [0.25, 0.3) is 0 Å². The maximum absolute atomic E-state index is 10.4. The smallest absolute Gasteiger partial charge is 0.111 e. The minimum atomic E-state index is -0.487. The number of aryl methyl sites for hydroxylation is 3. The predicted molar refractivity (Wildman–Crippen MR) is 72.5 cm³/mol. The summed E-state index contributed by atoms with van der Waals surface area (Å²) in [5.41, 5.74) is 3.30. The number of aliphatic hydroxyl groups is 1. The molecule has 0 radical (unpaired) electrons. The molecule has 0 aliphatic carbocycles. The van der Waals surface area contributed by atoms with Crippen molar-refractivity contribution in [2.24, 2.45) is 0 Å². The molecule has 1 heterocycles. The number of aromatic nitrogens is 2. The highest BCUT2D eigenvalue weighted by Crippen LogP contribution is 2.24. The van der Waals surface area contributed by atoms with E-state index in [0.29, 0.717) is 6.42 Å². The lowest BCUT2D eigenvalue weighted by Crippen LogP contribution is -2.10. The van der Waals surface area contributed by atoms with Gasteiger partial charge in [-0.1, -0.05) is 18.2 Å². The van der Waals surface area contributed by atoms with Crippen LogP contribution in [-0.2, 0) is 13.0 Å². The number of nitrogens with zero attached hydrogens (tertiary/aromatic N) is 2. The van der Waals surface area contributed by atoms with Gasteiger partial charge >= 0.3 is 0 Å². The largest absolute Gasteiger partial charge is 0.388 e. The summed E-state index contributed by atoms with van der Waals surface area (Å²) in [6, 6.07) is 6.10. The average molecular weight is 244 g/mol. The van der Waals surface area contributed by atoms with Crippen molar-refractivity contribution in [1.82, 2.24) is 9.55 Å². The molecule has 18 heavy (non-hydrogen) atoms. The highest BCUT2D eigenvalue weighted by Gasteiger charge is 2.15. The normalized spacial score (nSPS) is 12.7. The first-order valence-corrected chi connectivity index (χ1v) is 6.37. The minimum absolute atomic E-state index is 0.487. The van der Waals surface area contributed by atoms with Gasteiger partial charge in [-0.05, 0) is 37.5 Å². The molecule has 1 aromatic carbocycles. The van der Waals surface area contributed by atoms with Gasteiger partial charge in [-0.15, -0.1) is 0 Å². The number of benzene rings is 1. The molecule has 1 atom stereocenters. The third-order valence-corrected chi connectivity index (χ3v) is 3.39. The topological polar surface area (TPSA) is 38.0 Å². The van der Waals surface area contributed by atoms with Crippen LogP contribution in [0.5, 0.6) is 0 Å². The zero-order valence-corrected chi connectivity index (χ0v) is 11.2. The summed E-state index contributed by atoms with van der Waals surface area (Å²) in [5.74, 6) is 0.938. The van der Waals surface area contributed by atoms with Crippen LogP contribution in [0, 0.1) is 13.8 Å². The predicted octanol–water partition coefficient (Wildman–Crippen LogP) is 2.80. The summed E-state index contributed by atoms with van der Waals surface area (Å²) in [6.07, 6.45) is 3.81. The Labute approximate surface area is 108 Å². The van der Waals surface area contributed by atoms with Gasteiger partial charge in [0.25, 0.3) is 0 Å². The van der Waals surface area contributed by atoms with Crippen LogP contribution >= 0.6 is 0 Å². The van der Waals surface area contributed by atoms with Crippen LogP contribution in [-0.4, -0.2) is 14.7 Å². The van der Waals surface area contributed by atoms with Crippen molar-refractivity contribution in [3.8, 4) is 0 Å². The van der Waals surface area contributed by atoms with Gasteiger partial charge in [0.05, 0.1) is 6.10 Å². The number of aliphatic hydroxyl groups excluding tert-OH is 1. The Morgan fingerprint density at radius 3 is 2.56 bits per heavy atom. The molecule has 2 rings (SSSR count). The first-order valence-electron chi connectivity index (χ1n) is 6.37. The maximum atomic E-state index is 10.4. The molecule has 1 aromatic heterocycles. The van der Waals surface area contributed by atoms with E-state index >= 15 is 0 Å². The minimum Gasteiger partial charge on any atom is -0.388 e. The fraction of sp³-hybridized carbons (Fsp3) is 0.400. The summed E-state index contributed by atoms with van der Waals surface area (Å²) in [6.45, 7) is 7.04. The van der Waals surface area contributed by atoms with Gasteiger partial charge in [0, 0.05) is 25.4 Å². The molecule has 96 valence electrons. The highest BCUT2D eigenvalue weighted by atomic mass is 16.3. The van der Waals surface area contributed by atoms with Gasteiger partial charge in [-0.2, -0.15) is 0 Å². The Balaban J connectivity index is 2.25. The van der Waals surface area contributed by atoms with Crippen molar-refractivity contribution in [2.75, 3.05) is 0 Å². The molecule has 1 N–H and O–H groups in total. The van der Waals surface area contributed by atoms with Crippen molar-refractivity contribution in [1.29, 1.82) is 0 Å². The Kier molecular flexibility index (Phi) is 3.82. The van der Waals surface area contributed by atoms with Crippen LogP contribution in [0.4, 0.5) is 0 Å². The van der Waals surface area contributed by atoms with Crippen LogP contribution in [0.2, 0.25) is 0 Å². The number of hydrogen-bond acceptors (Lipinski definition) is 2. The number of hydrogen-bond donors (Lipinski definition) is 1. The second-order valence-electron chi connectivity index (χ2n) is 4.65. The van der Waals surface area contributed by atoms with Crippen molar-refractivity contribution < 1.29 is 5.11 Å². The third-order valence-electron chi connectivity index (χ3n) is 3.39. The lowest BCUT2D eigenvalue weighted by atomic mass is 9.96. The van der Waals surface area contributed by atoms with Gasteiger partial charge in [0.2, 0.25) is 0 Å². The summed E-state index contributed by atoms with van der Waals surface area (Å²) in [7, 11) is 0. The van der Waals surface area contributed by atoms with E-state index in [1.165, 1.54) is 0 Å². The third kappa shape index (κ3) is 2.46. The Hall–Kier alpha value is -1.61. The van der Waals surface area contributed by atoms with E-state index in [1.807, 2.05) is 38.2 Å². The summed E-state index contributed by atoms with van der Waals surface area (Å²) in [5, 5.41) is 10.4. The highest BCUT2D eigenvalue weighted by molar-refractivity contribution is 5.35. The monoisotopic (exact) mass is 244 g/mol. The Bertz CT molecular complexity index is 511. The van der Waals surface area contributed by atoms with E-state index in [0.717, 1.165) is 29.1 Å². The van der Waals surface area contributed by atoms with Crippen molar-refractivity contribution >= 4 is 0 Å².